The van der Waals surface area contributed by atoms with Crippen LogP contribution in [0.25, 0.3) is 0 Å². The van der Waals surface area contributed by atoms with Crippen LogP contribution in [0, 0.1) is 5.41 Å². The molecule has 1 saturated heterocycles. The SMILES string of the molecule is CC1NC(NC(=O)Nc2ccccc2)NC(NCCCCO)C12CCCCCCCC2. The third-order valence-electron chi connectivity index (χ3n) is 6.96. The lowest BCUT2D eigenvalue weighted by Gasteiger charge is -2.53. The summed E-state index contributed by atoms with van der Waals surface area (Å²) in [5.41, 5.74) is 0.882. The number of amides is 2. The molecule has 1 aromatic carbocycles. The van der Waals surface area contributed by atoms with Crippen molar-refractivity contribution < 1.29 is 9.90 Å². The Balaban J connectivity index is 1.67. The van der Waals surface area contributed by atoms with Crippen molar-refractivity contribution in [1.29, 1.82) is 0 Å². The third-order valence-corrected chi connectivity index (χ3v) is 6.96. The number of unbranched alkanes of at least 4 members (excludes halogenated alkanes) is 1. The monoisotopic (exact) mass is 431 g/mol. The Morgan fingerprint density at radius 2 is 1.71 bits per heavy atom. The first-order valence-electron chi connectivity index (χ1n) is 12.1. The number of aliphatic hydroxyl groups excluding tert-OH is 1. The van der Waals surface area contributed by atoms with Gasteiger partial charge in [-0.15, -0.1) is 0 Å². The Morgan fingerprint density at radius 3 is 2.39 bits per heavy atom. The van der Waals surface area contributed by atoms with Gasteiger partial charge in [-0.05, 0) is 51.3 Å². The number of rotatable bonds is 7. The van der Waals surface area contributed by atoms with Crippen molar-refractivity contribution in [3.05, 3.63) is 30.3 Å². The molecule has 3 rings (SSSR count). The molecular formula is C24H41N5O2. The van der Waals surface area contributed by atoms with Crippen LogP contribution < -0.4 is 26.6 Å². The van der Waals surface area contributed by atoms with Gasteiger partial charge in [-0.25, -0.2) is 4.79 Å². The van der Waals surface area contributed by atoms with E-state index in [2.05, 4.69) is 33.5 Å². The molecule has 0 bridgehead atoms. The van der Waals surface area contributed by atoms with Crippen molar-refractivity contribution >= 4 is 11.7 Å². The molecule has 1 spiro atoms. The molecule has 2 aliphatic rings. The fraction of sp³-hybridized carbons (Fsp3) is 0.708. The third kappa shape index (κ3) is 6.91. The van der Waals surface area contributed by atoms with Crippen LogP contribution in [0.5, 0.6) is 0 Å². The summed E-state index contributed by atoms with van der Waals surface area (Å²) in [6.45, 7) is 3.35. The van der Waals surface area contributed by atoms with Gasteiger partial charge in [-0.2, -0.15) is 0 Å². The highest BCUT2D eigenvalue weighted by molar-refractivity contribution is 5.89. The lowest BCUT2D eigenvalue weighted by molar-refractivity contribution is 0.0161. The summed E-state index contributed by atoms with van der Waals surface area (Å²) in [6, 6.07) is 9.53. The van der Waals surface area contributed by atoms with Gasteiger partial charge in [0.25, 0.3) is 0 Å². The van der Waals surface area contributed by atoms with Crippen LogP contribution in [0.15, 0.2) is 30.3 Å². The first-order valence-corrected chi connectivity index (χ1v) is 12.1. The van der Waals surface area contributed by atoms with Gasteiger partial charge in [0.15, 0.2) is 0 Å². The van der Waals surface area contributed by atoms with E-state index in [4.69, 9.17) is 5.11 Å². The van der Waals surface area contributed by atoms with Gasteiger partial charge in [-0.1, -0.05) is 56.7 Å². The Bertz CT molecular complexity index is 647. The summed E-state index contributed by atoms with van der Waals surface area (Å²) in [6.07, 6.45) is 11.7. The molecule has 1 saturated carbocycles. The fourth-order valence-corrected chi connectivity index (χ4v) is 5.16. The molecule has 31 heavy (non-hydrogen) atoms. The van der Waals surface area contributed by atoms with Gasteiger partial charge in [0, 0.05) is 23.8 Å². The molecule has 2 amide bonds. The highest BCUT2D eigenvalue weighted by Crippen LogP contribution is 2.41. The average Bonchev–Trinajstić information content (AvgIpc) is 2.88. The molecule has 2 fully saturated rings. The van der Waals surface area contributed by atoms with Crippen molar-refractivity contribution in [2.75, 3.05) is 18.5 Å². The molecule has 1 heterocycles. The number of nitrogens with one attached hydrogen (secondary N) is 5. The van der Waals surface area contributed by atoms with Gasteiger partial charge >= 0.3 is 6.03 Å². The maximum Gasteiger partial charge on any atom is 0.321 e. The highest BCUT2D eigenvalue weighted by atomic mass is 16.3. The van der Waals surface area contributed by atoms with Crippen molar-refractivity contribution in [3.8, 4) is 0 Å². The van der Waals surface area contributed by atoms with Crippen molar-refractivity contribution in [2.24, 2.45) is 5.41 Å². The van der Waals surface area contributed by atoms with Gasteiger partial charge in [-0.3, -0.25) is 10.6 Å². The second-order valence-electron chi connectivity index (χ2n) is 9.12. The number of para-hydroxylation sites is 1. The van der Waals surface area contributed by atoms with Crippen molar-refractivity contribution in [2.45, 2.75) is 89.6 Å². The van der Waals surface area contributed by atoms with Crippen LogP contribution in [0.2, 0.25) is 0 Å². The summed E-state index contributed by atoms with van der Waals surface area (Å²) in [5.74, 6) is 0. The smallest absolute Gasteiger partial charge is 0.321 e. The number of carbonyl (C=O) groups is 1. The summed E-state index contributed by atoms with van der Waals surface area (Å²) in [7, 11) is 0. The zero-order valence-electron chi connectivity index (χ0n) is 19.0. The van der Waals surface area contributed by atoms with E-state index in [1.807, 2.05) is 30.3 Å². The van der Waals surface area contributed by atoms with Crippen LogP contribution in [0.3, 0.4) is 0 Å². The van der Waals surface area contributed by atoms with Crippen molar-refractivity contribution in [1.82, 2.24) is 21.3 Å². The van der Waals surface area contributed by atoms with Crippen LogP contribution >= 0.6 is 0 Å². The lowest BCUT2D eigenvalue weighted by Crippen LogP contribution is -2.75. The zero-order chi connectivity index (χ0) is 21.9. The maximum absolute atomic E-state index is 12.6. The summed E-state index contributed by atoms with van der Waals surface area (Å²) >= 11 is 0. The standard InChI is InChI=1S/C24H41N5O2/c1-19-24(15-9-4-2-3-5-10-16-24)21(25-17-11-12-18-30)28-22(26-19)29-23(31)27-20-13-7-6-8-14-20/h6-8,13-14,19,21-22,25-26,28,30H,2-5,9-12,15-18H2,1H3,(H2,27,29,31). The van der Waals surface area contributed by atoms with E-state index in [9.17, 15) is 4.79 Å². The maximum atomic E-state index is 12.6. The van der Waals surface area contributed by atoms with E-state index < -0.39 is 0 Å². The van der Waals surface area contributed by atoms with Gasteiger partial charge in [0.2, 0.25) is 0 Å². The van der Waals surface area contributed by atoms with Crippen LogP contribution in [0.4, 0.5) is 10.5 Å². The quantitative estimate of drug-likeness (QED) is 0.372. The number of aliphatic hydroxyl groups is 1. The van der Waals surface area contributed by atoms with Crippen LogP contribution in [-0.2, 0) is 0 Å². The summed E-state index contributed by atoms with van der Waals surface area (Å²) in [5, 5.41) is 26.1. The number of carbonyl (C=O) groups excluding carboxylic acids is 1. The minimum atomic E-state index is -0.313. The zero-order valence-corrected chi connectivity index (χ0v) is 19.0. The topological polar surface area (TPSA) is 97.5 Å². The molecule has 0 radical (unpaired) electrons. The molecule has 0 aromatic heterocycles. The number of urea groups is 1. The average molecular weight is 432 g/mol. The van der Waals surface area contributed by atoms with Crippen LogP contribution in [-0.4, -0.2) is 42.8 Å². The van der Waals surface area contributed by atoms with Gasteiger partial charge in [0.1, 0.15) is 6.29 Å². The van der Waals surface area contributed by atoms with Gasteiger partial charge in [0.05, 0.1) is 6.17 Å². The lowest BCUT2D eigenvalue weighted by atomic mass is 9.69. The van der Waals surface area contributed by atoms with Gasteiger partial charge < -0.3 is 21.1 Å². The number of anilines is 1. The molecule has 174 valence electrons. The Hall–Kier alpha value is -1.67. The van der Waals surface area contributed by atoms with E-state index in [-0.39, 0.29) is 36.6 Å². The largest absolute Gasteiger partial charge is 0.396 e. The molecule has 7 nitrogen and oxygen atoms in total. The Kier molecular flexibility index (Phi) is 9.58. The van der Waals surface area contributed by atoms with E-state index in [0.717, 1.165) is 25.1 Å². The molecule has 1 aliphatic heterocycles. The second-order valence-corrected chi connectivity index (χ2v) is 9.12. The second kappa shape index (κ2) is 12.4. The molecule has 6 N–H and O–H groups in total. The molecule has 1 aromatic rings. The predicted octanol–water partition coefficient (Wildman–Crippen LogP) is 3.48. The van der Waals surface area contributed by atoms with E-state index in [1.54, 1.807) is 0 Å². The number of hydrogen-bond acceptors (Lipinski definition) is 5. The molecule has 7 heteroatoms. The minimum Gasteiger partial charge on any atom is -0.396 e. The van der Waals surface area contributed by atoms with E-state index >= 15 is 0 Å². The van der Waals surface area contributed by atoms with Crippen molar-refractivity contribution in [3.63, 3.8) is 0 Å². The highest BCUT2D eigenvalue weighted by Gasteiger charge is 2.47. The first-order chi connectivity index (χ1) is 15.1. The minimum absolute atomic E-state index is 0.109. The number of hydrogen-bond donors (Lipinski definition) is 6. The molecule has 3 atom stereocenters. The molecule has 3 unspecified atom stereocenters. The van der Waals surface area contributed by atoms with Crippen LogP contribution in [0.1, 0.15) is 71.1 Å². The predicted molar refractivity (Wildman–Crippen MR) is 126 cm³/mol. The normalized spacial score (nSPS) is 26.5. The molecular weight excluding hydrogens is 390 g/mol. The van der Waals surface area contributed by atoms with E-state index in [1.165, 1.54) is 51.4 Å². The Morgan fingerprint density at radius 1 is 1.03 bits per heavy atom. The van der Waals surface area contributed by atoms with E-state index in [0.29, 0.717) is 0 Å². The molecule has 1 aliphatic carbocycles. The number of benzene rings is 1. The fourth-order valence-electron chi connectivity index (χ4n) is 5.16. The summed E-state index contributed by atoms with van der Waals surface area (Å²) < 4.78 is 0. The summed E-state index contributed by atoms with van der Waals surface area (Å²) in [4.78, 5) is 12.6. The first kappa shape index (κ1) is 24.0. The Labute approximate surface area is 187 Å².